The number of hydrogen-bond acceptors (Lipinski definition) is 7. The van der Waals surface area contributed by atoms with Crippen LogP contribution >= 0.6 is 0 Å². The van der Waals surface area contributed by atoms with Gasteiger partial charge in [0.1, 0.15) is 11.5 Å². The van der Waals surface area contributed by atoms with Gasteiger partial charge in [0.05, 0.1) is 23.3 Å². The van der Waals surface area contributed by atoms with Crippen LogP contribution in [0.3, 0.4) is 0 Å². The molecule has 32 heavy (non-hydrogen) atoms. The Morgan fingerprint density at radius 1 is 0.875 bits per heavy atom. The number of ether oxygens (including phenoxy) is 1. The molecule has 168 valence electrons. The Morgan fingerprint density at radius 3 is 2.38 bits per heavy atom. The lowest BCUT2D eigenvalue weighted by Crippen LogP contribution is -2.22. The lowest BCUT2D eigenvalue weighted by molar-refractivity contribution is 0.0496. The lowest BCUT2D eigenvalue weighted by Gasteiger charge is -2.19. The molecule has 1 aliphatic heterocycles. The maximum Gasteiger partial charge on any atom is 0.338 e. The number of carbonyl (C=O) groups is 3. The molecule has 0 saturated carbocycles. The summed E-state index contributed by atoms with van der Waals surface area (Å²) in [5.74, 6) is -2.65. The third-order valence-electron chi connectivity index (χ3n) is 6.14. The highest BCUT2D eigenvalue weighted by Crippen LogP contribution is 2.37. The number of phenols is 2. The molecule has 1 fully saturated rings. The summed E-state index contributed by atoms with van der Waals surface area (Å²) in [6.07, 6.45) is 6.51. The summed E-state index contributed by atoms with van der Waals surface area (Å²) in [4.78, 5) is 40.6. The molecule has 4 rings (SSSR count). The summed E-state index contributed by atoms with van der Waals surface area (Å²) in [5.41, 5.74) is -0.359. The Balaban J connectivity index is 1.35. The topological polar surface area (TPSA) is 104 Å². The van der Waals surface area contributed by atoms with Gasteiger partial charge in [-0.25, -0.2) is 4.79 Å². The van der Waals surface area contributed by atoms with E-state index in [9.17, 15) is 24.6 Å². The van der Waals surface area contributed by atoms with E-state index in [0.717, 1.165) is 38.3 Å². The van der Waals surface area contributed by atoms with Gasteiger partial charge in [0.15, 0.2) is 5.78 Å². The number of rotatable bonds is 8. The number of unbranched alkanes of at least 4 members (excludes halogenated alkanes) is 3. The van der Waals surface area contributed by atoms with Crippen LogP contribution in [0.2, 0.25) is 0 Å². The third kappa shape index (κ3) is 4.39. The Kier molecular flexibility index (Phi) is 6.55. The van der Waals surface area contributed by atoms with E-state index in [0.29, 0.717) is 0 Å². The van der Waals surface area contributed by atoms with Crippen molar-refractivity contribution in [1.29, 1.82) is 0 Å². The number of ketones is 2. The highest BCUT2D eigenvalue weighted by atomic mass is 16.5. The Hall–Kier alpha value is -3.19. The number of fused-ring (bicyclic) bond motifs is 2. The smallest absolute Gasteiger partial charge is 0.338 e. The molecule has 2 aliphatic rings. The molecule has 7 heteroatoms. The fourth-order valence-electron chi connectivity index (χ4n) is 4.45. The molecule has 2 N–H and O–H groups in total. The number of likely N-dealkylation sites (tertiary alicyclic amines) is 1. The molecule has 1 saturated heterocycles. The molecule has 2 aromatic carbocycles. The van der Waals surface area contributed by atoms with Crippen LogP contribution in [0.4, 0.5) is 0 Å². The molecule has 0 amide bonds. The van der Waals surface area contributed by atoms with Crippen molar-refractivity contribution in [2.45, 2.75) is 38.5 Å². The molecule has 0 unspecified atom stereocenters. The van der Waals surface area contributed by atoms with Gasteiger partial charge in [0.25, 0.3) is 0 Å². The first kappa shape index (κ1) is 22.0. The highest BCUT2D eigenvalue weighted by molar-refractivity contribution is 6.30. The highest BCUT2D eigenvalue weighted by Gasteiger charge is 2.35. The maximum atomic E-state index is 12.9. The minimum absolute atomic E-state index is 0.0139. The van der Waals surface area contributed by atoms with Crippen molar-refractivity contribution in [2.24, 2.45) is 0 Å². The molecule has 0 spiro atoms. The number of phenolic OH excluding ortho intramolecular Hbond substituents is 2. The normalized spacial score (nSPS) is 15.5. The number of carbonyl (C=O) groups excluding carboxylic acids is 3. The van der Waals surface area contributed by atoms with Crippen LogP contribution in [0.5, 0.6) is 11.5 Å². The number of hydrogen-bond donors (Lipinski definition) is 2. The molecule has 1 aliphatic carbocycles. The molecule has 7 nitrogen and oxygen atoms in total. The molecule has 0 aromatic heterocycles. The van der Waals surface area contributed by atoms with Crippen LogP contribution in [-0.2, 0) is 4.74 Å². The fourth-order valence-corrected chi connectivity index (χ4v) is 4.45. The van der Waals surface area contributed by atoms with Gasteiger partial charge in [0.2, 0.25) is 5.78 Å². The Morgan fingerprint density at radius 2 is 1.59 bits per heavy atom. The molecule has 0 radical (unpaired) electrons. The third-order valence-corrected chi connectivity index (χ3v) is 6.14. The van der Waals surface area contributed by atoms with Gasteiger partial charge >= 0.3 is 5.97 Å². The van der Waals surface area contributed by atoms with E-state index >= 15 is 0 Å². The monoisotopic (exact) mass is 437 g/mol. The zero-order valence-electron chi connectivity index (χ0n) is 17.9. The summed E-state index contributed by atoms with van der Waals surface area (Å²) < 4.78 is 5.31. The number of aromatic hydroxyl groups is 2. The van der Waals surface area contributed by atoms with Crippen molar-refractivity contribution >= 4 is 17.5 Å². The van der Waals surface area contributed by atoms with Gasteiger partial charge in [-0.3, -0.25) is 9.59 Å². The first-order valence-electron chi connectivity index (χ1n) is 11.1. The fraction of sp³-hybridized carbons (Fsp3) is 0.400. The van der Waals surface area contributed by atoms with E-state index in [4.69, 9.17) is 4.74 Å². The summed E-state index contributed by atoms with van der Waals surface area (Å²) in [6, 6.07) is 6.62. The zero-order chi connectivity index (χ0) is 22.7. The van der Waals surface area contributed by atoms with Crippen molar-refractivity contribution < 1.29 is 29.3 Å². The second kappa shape index (κ2) is 9.53. The summed E-state index contributed by atoms with van der Waals surface area (Å²) in [5, 5.41) is 20.4. The maximum absolute atomic E-state index is 12.9. The van der Waals surface area contributed by atoms with E-state index < -0.39 is 23.3 Å². The Labute approximate surface area is 186 Å². The van der Waals surface area contributed by atoms with Crippen molar-refractivity contribution in [1.82, 2.24) is 4.90 Å². The first-order chi connectivity index (χ1) is 15.5. The first-order valence-corrected chi connectivity index (χ1v) is 11.1. The molecule has 0 bridgehead atoms. The largest absolute Gasteiger partial charge is 0.507 e. The quantitative estimate of drug-likeness (QED) is 0.409. The number of esters is 1. The molecular weight excluding hydrogens is 410 g/mol. The van der Waals surface area contributed by atoms with Gasteiger partial charge < -0.3 is 19.8 Å². The van der Waals surface area contributed by atoms with Crippen molar-refractivity contribution in [3.8, 4) is 11.5 Å². The van der Waals surface area contributed by atoms with Crippen LogP contribution in [-0.4, -0.2) is 58.9 Å². The summed E-state index contributed by atoms with van der Waals surface area (Å²) >= 11 is 0. The van der Waals surface area contributed by atoms with Crippen LogP contribution in [0, 0.1) is 0 Å². The van der Waals surface area contributed by atoms with Crippen LogP contribution in [0.15, 0.2) is 30.3 Å². The van der Waals surface area contributed by atoms with Crippen LogP contribution in [0.1, 0.15) is 80.7 Å². The van der Waals surface area contributed by atoms with Crippen molar-refractivity contribution in [3.63, 3.8) is 0 Å². The zero-order valence-corrected chi connectivity index (χ0v) is 17.9. The van der Waals surface area contributed by atoms with Gasteiger partial charge in [0, 0.05) is 11.1 Å². The van der Waals surface area contributed by atoms with E-state index in [1.807, 2.05) is 0 Å². The van der Waals surface area contributed by atoms with Gasteiger partial charge in [-0.05, 0) is 63.5 Å². The molecular formula is C25H27NO6. The van der Waals surface area contributed by atoms with E-state index in [2.05, 4.69) is 4.90 Å². The predicted octanol–water partition coefficient (Wildman–Crippen LogP) is 3.69. The van der Waals surface area contributed by atoms with E-state index in [1.165, 1.54) is 50.2 Å². The lowest BCUT2D eigenvalue weighted by atomic mass is 9.82. The number of nitrogens with zero attached hydrogens (tertiary/aromatic N) is 1. The minimum atomic E-state index is -0.654. The summed E-state index contributed by atoms with van der Waals surface area (Å²) in [6.45, 7) is 3.78. The molecule has 0 atom stereocenters. The van der Waals surface area contributed by atoms with Gasteiger partial charge in [-0.2, -0.15) is 0 Å². The average Bonchev–Trinajstić information content (AvgIpc) is 3.29. The van der Waals surface area contributed by atoms with Crippen LogP contribution in [0.25, 0.3) is 0 Å². The standard InChI is InChI=1S/C25H27NO6/c27-19-9-7-8-17-21(19)24(30)22-18(23(17)29)14-16(15-20(22)28)25(31)32-13-6-2-1-3-10-26-11-4-5-12-26/h7-9,14-15,27-28H,1-6,10-13H2. The average molecular weight is 437 g/mol. The Bertz CT molecular complexity index is 1050. The predicted molar refractivity (Wildman–Crippen MR) is 118 cm³/mol. The van der Waals surface area contributed by atoms with Crippen molar-refractivity contribution in [3.05, 3.63) is 58.1 Å². The van der Waals surface area contributed by atoms with E-state index in [-0.39, 0.29) is 40.2 Å². The SMILES string of the molecule is O=C(OCCCCCCN1CCCC1)c1cc(O)c2c(c1)C(=O)c1cccc(O)c1C2=O. The summed E-state index contributed by atoms with van der Waals surface area (Å²) in [7, 11) is 0. The van der Waals surface area contributed by atoms with Gasteiger partial charge in [-0.15, -0.1) is 0 Å². The number of benzene rings is 2. The second-order valence-corrected chi connectivity index (χ2v) is 8.37. The van der Waals surface area contributed by atoms with Crippen LogP contribution < -0.4 is 0 Å². The van der Waals surface area contributed by atoms with E-state index in [1.54, 1.807) is 0 Å². The van der Waals surface area contributed by atoms with Crippen molar-refractivity contribution in [2.75, 3.05) is 26.2 Å². The molecule has 2 aromatic rings. The molecule has 1 heterocycles. The van der Waals surface area contributed by atoms with Gasteiger partial charge in [-0.1, -0.05) is 25.0 Å². The second-order valence-electron chi connectivity index (χ2n) is 8.37. The minimum Gasteiger partial charge on any atom is -0.507 e.